The van der Waals surface area contributed by atoms with Gasteiger partial charge in [-0.2, -0.15) is 0 Å². The lowest BCUT2D eigenvalue weighted by molar-refractivity contribution is 0.0913. The number of para-hydroxylation sites is 1. The van der Waals surface area contributed by atoms with Crippen LogP contribution in [0, 0.1) is 0 Å². The highest BCUT2D eigenvalue weighted by atomic mass is 32.1. The number of benzene rings is 2. The van der Waals surface area contributed by atoms with Crippen LogP contribution in [0.4, 0.5) is 5.13 Å². The van der Waals surface area contributed by atoms with Gasteiger partial charge in [0.25, 0.3) is 5.91 Å². The molecule has 0 N–H and O–H groups in total. The summed E-state index contributed by atoms with van der Waals surface area (Å²) in [5, 5.41) is 8.96. The summed E-state index contributed by atoms with van der Waals surface area (Å²) in [6, 6.07) is 17.9. The summed E-state index contributed by atoms with van der Waals surface area (Å²) in [7, 11) is 0. The second-order valence-corrected chi connectivity index (χ2v) is 8.31. The molecule has 1 saturated heterocycles. The molecule has 8 heteroatoms. The molecule has 1 unspecified atom stereocenters. The molecule has 2 aromatic heterocycles. The zero-order chi connectivity index (χ0) is 20.3. The number of carbonyl (C=O) groups excluding carboxylic acids is 1. The third-order valence-corrected chi connectivity index (χ3v) is 6.17. The molecule has 4 aromatic rings. The Hall–Kier alpha value is -3.10. The molecule has 0 aliphatic carbocycles. The molecule has 1 aliphatic heterocycles. The van der Waals surface area contributed by atoms with Crippen LogP contribution in [0.3, 0.4) is 0 Å². The van der Waals surface area contributed by atoms with E-state index in [2.05, 4.69) is 15.3 Å². The summed E-state index contributed by atoms with van der Waals surface area (Å²) in [4.78, 5) is 19.8. The third-order valence-electron chi connectivity index (χ3n) is 5.11. The molecule has 0 spiro atoms. The van der Waals surface area contributed by atoms with Crippen molar-refractivity contribution in [3.63, 3.8) is 0 Å². The van der Waals surface area contributed by atoms with E-state index in [1.165, 1.54) is 11.3 Å². The van der Waals surface area contributed by atoms with Crippen LogP contribution in [0.5, 0.6) is 0 Å². The highest BCUT2D eigenvalue weighted by Crippen LogP contribution is 2.30. The van der Waals surface area contributed by atoms with E-state index in [-0.39, 0.29) is 12.0 Å². The summed E-state index contributed by atoms with van der Waals surface area (Å²) in [5.41, 5.74) is 2.29. The molecule has 2 aromatic carbocycles. The number of thiazole rings is 1. The fourth-order valence-corrected chi connectivity index (χ4v) is 4.57. The zero-order valence-electron chi connectivity index (χ0n) is 16.3. The van der Waals surface area contributed by atoms with Crippen molar-refractivity contribution in [1.29, 1.82) is 0 Å². The van der Waals surface area contributed by atoms with E-state index < -0.39 is 0 Å². The van der Waals surface area contributed by atoms with Crippen molar-refractivity contribution in [2.75, 3.05) is 18.1 Å². The molecule has 1 amide bonds. The number of nitrogens with zero attached hydrogens (tertiary/aromatic N) is 5. The smallest absolute Gasteiger partial charge is 0.282 e. The van der Waals surface area contributed by atoms with Gasteiger partial charge in [-0.3, -0.25) is 9.69 Å². The van der Waals surface area contributed by atoms with Crippen molar-refractivity contribution in [1.82, 2.24) is 20.0 Å². The number of carbonyl (C=O) groups is 1. The lowest BCUT2D eigenvalue weighted by Crippen LogP contribution is -2.37. The first-order valence-corrected chi connectivity index (χ1v) is 10.8. The van der Waals surface area contributed by atoms with Crippen LogP contribution >= 0.6 is 11.3 Å². The van der Waals surface area contributed by atoms with Gasteiger partial charge < -0.3 is 4.74 Å². The average molecular weight is 420 g/mol. The number of amides is 1. The number of aromatic nitrogens is 4. The van der Waals surface area contributed by atoms with Crippen molar-refractivity contribution in [2.24, 2.45) is 0 Å². The minimum Gasteiger partial charge on any atom is -0.376 e. The maximum Gasteiger partial charge on any atom is 0.282 e. The number of rotatable bonds is 6. The van der Waals surface area contributed by atoms with Crippen molar-refractivity contribution < 1.29 is 9.53 Å². The molecule has 0 radical (unpaired) electrons. The lowest BCUT2D eigenvalue weighted by Gasteiger charge is -2.22. The molecule has 0 bridgehead atoms. The van der Waals surface area contributed by atoms with E-state index in [1.54, 1.807) is 15.8 Å². The van der Waals surface area contributed by atoms with Crippen LogP contribution < -0.4 is 4.90 Å². The molecule has 5 rings (SSSR count). The Morgan fingerprint density at radius 2 is 2.00 bits per heavy atom. The number of fused-ring (bicyclic) bond motifs is 1. The Bertz CT molecular complexity index is 1120. The SMILES string of the molecule is O=C(c1cn(Cc2ccccc2)nn1)N(CC1CCCO1)c1nc2ccccc2s1. The first kappa shape index (κ1) is 18.9. The van der Waals surface area contributed by atoms with E-state index >= 15 is 0 Å². The molecular weight excluding hydrogens is 398 g/mol. The van der Waals surface area contributed by atoms with Gasteiger partial charge in [-0.25, -0.2) is 9.67 Å². The molecule has 1 fully saturated rings. The van der Waals surface area contributed by atoms with E-state index in [9.17, 15) is 4.79 Å². The minimum absolute atomic E-state index is 0.0142. The van der Waals surface area contributed by atoms with Crippen LogP contribution in [-0.2, 0) is 11.3 Å². The van der Waals surface area contributed by atoms with Gasteiger partial charge in [0.2, 0.25) is 0 Å². The maximum atomic E-state index is 13.4. The number of hydrogen-bond acceptors (Lipinski definition) is 6. The zero-order valence-corrected chi connectivity index (χ0v) is 17.2. The van der Waals surface area contributed by atoms with Crippen molar-refractivity contribution in [3.05, 3.63) is 72.1 Å². The molecule has 1 atom stereocenters. The normalized spacial score (nSPS) is 16.2. The van der Waals surface area contributed by atoms with Crippen molar-refractivity contribution in [2.45, 2.75) is 25.5 Å². The highest BCUT2D eigenvalue weighted by Gasteiger charge is 2.28. The highest BCUT2D eigenvalue weighted by molar-refractivity contribution is 7.22. The minimum atomic E-state index is -0.205. The second-order valence-electron chi connectivity index (χ2n) is 7.30. The van der Waals surface area contributed by atoms with Gasteiger partial charge in [-0.05, 0) is 30.5 Å². The Morgan fingerprint density at radius 1 is 1.17 bits per heavy atom. The summed E-state index contributed by atoms with van der Waals surface area (Å²) in [6.45, 7) is 1.76. The quantitative estimate of drug-likeness (QED) is 0.476. The largest absolute Gasteiger partial charge is 0.376 e. The molecule has 152 valence electrons. The van der Waals surface area contributed by atoms with E-state index in [0.29, 0.717) is 23.9 Å². The third kappa shape index (κ3) is 3.96. The fourth-order valence-electron chi connectivity index (χ4n) is 3.60. The number of ether oxygens (including phenoxy) is 1. The molecule has 3 heterocycles. The van der Waals surface area contributed by atoms with Gasteiger partial charge in [0.15, 0.2) is 10.8 Å². The van der Waals surface area contributed by atoms with Crippen LogP contribution in [0.1, 0.15) is 28.9 Å². The summed E-state index contributed by atoms with van der Waals surface area (Å²) >= 11 is 1.50. The first-order chi connectivity index (χ1) is 14.8. The van der Waals surface area contributed by atoms with Crippen LogP contribution in [0.2, 0.25) is 0 Å². The number of anilines is 1. The van der Waals surface area contributed by atoms with Gasteiger partial charge in [-0.15, -0.1) is 5.10 Å². The lowest BCUT2D eigenvalue weighted by atomic mass is 10.2. The Morgan fingerprint density at radius 3 is 2.80 bits per heavy atom. The first-order valence-electron chi connectivity index (χ1n) is 9.99. The second kappa shape index (κ2) is 8.33. The Labute approximate surface area is 177 Å². The van der Waals surface area contributed by atoms with Gasteiger partial charge in [0, 0.05) is 6.61 Å². The topological polar surface area (TPSA) is 73.1 Å². The summed E-state index contributed by atoms with van der Waals surface area (Å²) in [6.07, 6.45) is 3.67. The van der Waals surface area contributed by atoms with Crippen molar-refractivity contribution in [3.8, 4) is 0 Å². The fraction of sp³-hybridized carbons (Fsp3) is 0.273. The van der Waals surface area contributed by atoms with Gasteiger partial charge in [0.1, 0.15) is 0 Å². The number of hydrogen-bond donors (Lipinski definition) is 0. The van der Waals surface area contributed by atoms with Gasteiger partial charge in [-0.1, -0.05) is 59.0 Å². The van der Waals surface area contributed by atoms with Gasteiger partial charge in [0.05, 0.1) is 35.6 Å². The van der Waals surface area contributed by atoms with Gasteiger partial charge >= 0.3 is 0 Å². The molecular formula is C22H21N5O2S. The standard InChI is InChI=1S/C22H21N5O2S/c28-21(19-15-26(25-24-19)13-16-7-2-1-3-8-16)27(14-17-9-6-12-29-17)22-23-18-10-4-5-11-20(18)30-22/h1-5,7-8,10-11,15,17H,6,9,12-14H2. The average Bonchev–Trinajstić information content (AvgIpc) is 3.52. The van der Waals surface area contributed by atoms with Crippen LogP contribution in [0.25, 0.3) is 10.2 Å². The van der Waals surface area contributed by atoms with Crippen molar-refractivity contribution >= 4 is 32.6 Å². The molecule has 7 nitrogen and oxygen atoms in total. The van der Waals surface area contributed by atoms with E-state index in [0.717, 1.165) is 35.2 Å². The van der Waals surface area contributed by atoms with Crippen LogP contribution in [0.15, 0.2) is 60.8 Å². The molecule has 0 saturated carbocycles. The maximum absolute atomic E-state index is 13.4. The van der Waals surface area contributed by atoms with E-state index in [1.807, 2.05) is 54.6 Å². The molecule has 1 aliphatic rings. The molecule has 30 heavy (non-hydrogen) atoms. The van der Waals surface area contributed by atoms with Crippen LogP contribution in [-0.4, -0.2) is 45.1 Å². The monoisotopic (exact) mass is 419 g/mol. The summed E-state index contributed by atoms with van der Waals surface area (Å²) in [5.74, 6) is -0.205. The predicted octanol–water partition coefficient (Wildman–Crippen LogP) is 3.76. The Balaban J connectivity index is 1.42. The Kier molecular flexibility index (Phi) is 5.25. The summed E-state index contributed by atoms with van der Waals surface area (Å²) < 4.78 is 8.52. The predicted molar refractivity (Wildman–Crippen MR) is 116 cm³/mol. The van der Waals surface area contributed by atoms with E-state index in [4.69, 9.17) is 4.74 Å².